The first kappa shape index (κ1) is 18.0. The molecule has 6 heteroatoms. The summed E-state index contributed by atoms with van der Waals surface area (Å²) in [6.45, 7) is 5.28. The third-order valence-electron chi connectivity index (χ3n) is 5.57. The lowest BCUT2D eigenvalue weighted by Gasteiger charge is -2.27. The van der Waals surface area contributed by atoms with Gasteiger partial charge in [-0.3, -0.25) is 9.59 Å². The zero-order chi connectivity index (χ0) is 17.8. The van der Waals surface area contributed by atoms with E-state index in [0.717, 1.165) is 23.6 Å². The Bertz CT molecular complexity index is 600. The largest absolute Gasteiger partial charge is 0.361 e. The van der Waals surface area contributed by atoms with Gasteiger partial charge in [0.05, 0.1) is 11.7 Å². The van der Waals surface area contributed by atoms with Crippen molar-refractivity contribution in [2.75, 3.05) is 13.1 Å². The highest BCUT2D eigenvalue weighted by Crippen LogP contribution is 2.26. The fraction of sp³-hybridized carbons (Fsp3) is 0.737. The molecule has 3 rings (SSSR count). The minimum absolute atomic E-state index is 0.00248. The first-order valence-electron chi connectivity index (χ1n) is 9.52. The molecule has 0 unspecified atom stereocenters. The molecule has 0 spiro atoms. The molecule has 138 valence electrons. The maximum atomic E-state index is 12.2. The molecule has 1 aromatic heterocycles. The van der Waals surface area contributed by atoms with Crippen LogP contribution in [0, 0.1) is 19.8 Å². The van der Waals surface area contributed by atoms with E-state index >= 15 is 0 Å². The summed E-state index contributed by atoms with van der Waals surface area (Å²) in [6, 6.07) is -0.0479. The molecule has 2 aliphatic rings. The summed E-state index contributed by atoms with van der Waals surface area (Å²) in [5, 5.41) is 6.94. The topological polar surface area (TPSA) is 75.4 Å². The minimum atomic E-state index is -0.0479. The van der Waals surface area contributed by atoms with Crippen LogP contribution in [0.5, 0.6) is 0 Å². The van der Waals surface area contributed by atoms with Crippen LogP contribution in [-0.4, -0.2) is 41.0 Å². The highest BCUT2D eigenvalue weighted by Gasteiger charge is 2.32. The number of hydrogen-bond donors (Lipinski definition) is 1. The van der Waals surface area contributed by atoms with Gasteiger partial charge in [0.2, 0.25) is 11.8 Å². The molecule has 1 N–H and O–H groups in total. The summed E-state index contributed by atoms with van der Waals surface area (Å²) in [4.78, 5) is 26.4. The van der Waals surface area contributed by atoms with Crippen LogP contribution in [0.25, 0.3) is 0 Å². The van der Waals surface area contributed by atoms with E-state index in [-0.39, 0.29) is 17.9 Å². The van der Waals surface area contributed by atoms with Crippen molar-refractivity contribution in [1.29, 1.82) is 0 Å². The van der Waals surface area contributed by atoms with Crippen LogP contribution >= 0.6 is 0 Å². The van der Waals surface area contributed by atoms with E-state index in [1.807, 2.05) is 18.7 Å². The average molecular weight is 347 g/mol. The molecular formula is C19H29N3O3. The van der Waals surface area contributed by atoms with Gasteiger partial charge in [-0.2, -0.15) is 0 Å². The monoisotopic (exact) mass is 347 g/mol. The van der Waals surface area contributed by atoms with Crippen molar-refractivity contribution in [1.82, 2.24) is 15.4 Å². The SMILES string of the molecule is Cc1noc(C)c1CCC(=O)N[C@H]1CC(=O)N(CC2CCCCC2)C1. The standard InChI is InChI=1S/C19H29N3O3/c1-13-17(14(2)25-21-13)8-9-18(23)20-16-10-19(24)22(12-16)11-15-6-4-3-5-7-15/h15-16H,3-12H2,1-2H3,(H,20,23)/t16-/m0/s1. The fourth-order valence-corrected chi connectivity index (χ4v) is 4.12. The van der Waals surface area contributed by atoms with E-state index < -0.39 is 0 Å². The molecule has 0 radical (unpaired) electrons. The number of nitrogens with zero attached hydrogens (tertiary/aromatic N) is 2. The van der Waals surface area contributed by atoms with Crippen molar-refractivity contribution in [2.24, 2.45) is 5.92 Å². The lowest BCUT2D eigenvalue weighted by Crippen LogP contribution is -2.38. The van der Waals surface area contributed by atoms with Crippen LogP contribution < -0.4 is 5.32 Å². The Balaban J connectivity index is 1.43. The van der Waals surface area contributed by atoms with Gasteiger partial charge in [0, 0.05) is 31.5 Å². The van der Waals surface area contributed by atoms with Gasteiger partial charge >= 0.3 is 0 Å². The van der Waals surface area contributed by atoms with Gasteiger partial charge in [-0.15, -0.1) is 0 Å². The summed E-state index contributed by atoms with van der Waals surface area (Å²) in [7, 11) is 0. The number of rotatable bonds is 6. The zero-order valence-corrected chi connectivity index (χ0v) is 15.3. The van der Waals surface area contributed by atoms with E-state index in [0.29, 0.717) is 31.7 Å². The summed E-state index contributed by atoms with van der Waals surface area (Å²) in [6.07, 6.45) is 7.83. The third kappa shape index (κ3) is 4.61. The van der Waals surface area contributed by atoms with Crippen molar-refractivity contribution in [3.8, 4) is 0 Å². The van der Waals surface area contributed by atoms with Gasteiger partial charge in [0.15, 0.2) is 0 Å². The lowest BCUT2D eigenvalue weighted by molar-refractivity contribution is -0.128. The Morgan fingerprint density at radius 1 is 1.28 bits per heavy atom. The number of carbonyl (C=O) groups is 2. The maximum Gasteiger partial charge on any atom is 0.224 e. The molecule has 0 bridgehead atoms. The Labute approximate surface area is 149 Å². The van der Waals surface area contributed by atoms with E-state index in [1.165, 1.54) is 32.1 Å². The third-order valence-corrected chi connectivity index (χ3v) is 5.57. The summed E-state index contributed by atoms with van der Waals surface area (Å²) >= 11 is 0. The number of nitrogens with one attached hydrogen (secondary N) is 1. The van der Waals surface area contributed by atoms with E-state index in [1.54, 1.807) is 0 Å². The van der Waals surface area contributed by atoms with Crippen molar-refractivity contribution in [2.45, 2.75) is 71.3 Å². The van der Waals surface area contributed by atoms with Gasteiger partial charge in [0.1, 0.15) is 5.76 Å². The van der Waals surface area contributed by atoms with Crippen molar-refractivity contribution in [3.63, 3.8) is 0 Å². The zero-order valence-electron chi connectivity index (χ0n) is 15.3. The molecule has 25 heavy (non-hydrogen) atoms. The molecule has 2 heterocycles. The molecule has 1 saturated heterocycles. The molecule has 6 nitrogen and oxygen atoms in total. The number of likely N-dealkylation sites (tertiary alicyclic amines) is 1. The van der Waals surface area contributed by atoms with E-state index in [9.17, 15) is 9.59 Å². The molecule has 1 aromatic rings. The number of amides is 2. The van der Waals surface area contributed by atoms with Crippen molar-refractivity contribution in [3.05, 3.63) is 17.0 Å². The second kappa shape index (κ2) is 8.02. The van der Waals surface area contributed by atoms with Crippen LogP contribution in [0.1, 0.15) is 62.0 Å². The Morgan fingerprint density at radius 3 is 2.72 bits per heavy atom. The van der Waals surface area contributed by atoms with Crippen LogP contribution in [0.15, 0.2) is 4.52 Å². The molecule has 2 fully saturated rings. The van der Waals surface area contributed by atoms with Gasteiger partial charge in [-0.25, -0.2) is 0 Å². The van der Waals surface area contributed by atoms with Crippen LogP contribution in [0.2, 0.25) is 0 Å². The molecule has 1 saturated carbocycles. The second-order valence-electron chi connectivity index (χ2n) is 7.57. The molecule has 0 aromatic carbocycles. The van der Waals surface area contributed by atoms with Crippen molar-refractivity contribution >= 4 is 11.8 Å². The van der Waals surface area contributed by atoms with Gasteiger partial charge in [-0.1, -0.05) is 24.4 Å². The van der Waals surface area contributed by atoms with Gasteiger partial charge in [-0.05, 0) is 39.0 Å². The molecule has 1 aliphatic carbocycles. The van der Waals surface area contributed by atoms with Crippen LogP contribution in [0.3, 0.4) is 0 Å². The smallest absolute Gasteiger partial charge is 0.224 e. The van der Waals surface area contributed by atoms with Crippen LogP contribution in [0.4, 0.5) is 0 Å². The molecular weight excluding hydrogens is 318 g/mol. The minimum Gasteiger partial charge on any atom is -0.361 e. The lowest BCUT2D eigenvalue weighted by atomic mass is 9.89. The quantitative estimate of drug-likeness (QED) is 0.858. The first-order chi connectivity index (χ1) is 12.0. The highest BCUT2D eigenvalue weighted by atomic mass is 16.5. The number of hydrogen-bond acceptors (Lipinski definition) is 4. The number of aryl methyl sites for hydroxylation is 2. The number of aromatic nitrogens is 1. The summed E-state index contributed by atoms with van der Waals surface area (Å²) < 4.78 is 5.13. The molecule has 1 aliphatic heterocycles. The number of carbonyl (C=O) groups excluding carboxylic acids is 2. The first-order valence-corrected chi connectivity index (χ1v) is 9.52. The Hall–Kier alpha value is -1.85. The fourth-order valence-electron chi connectivity index (χ4n) is 4.12. The summed E-state index contributed by atoms with van der Waals surface area (Å²) in [5.74, 6) is 1.60. The van der Waals surface area contributed by atoms with Gasteiger partial charge < -0.3 is 14.7 Å². The van der Waals surface area contributed by atoms with Crippen molar-refractivity contribution < 1.29 is 14.1 Å². The second-order valence-corrected chi connectivity index (χ2v) is 7.57. The Kier molecular flexibility index (Phi) is 5.76. The molecule has 1 atom stereocenters. The Morgan fingerprint density at radius 2 is 2.04 bits per heavy atom. The summed E-state index contributed by atoms with van der Waals surface area (Å²) in [5.41, 5.74) is 1.86. The normalized spacial score (nSPS) is 21.8. The van der Waals surface area contributed by atoms with Gasteiger partial charge in [0.25, 0.3) is 0 Å². The predicted octanol–water partition coefficient (Wildman–Crippen LogP) is 2.52. The predicted molar refractivity (Wildman–Crippen MR) is 94.0 cm³/mol. The average Bonchev–Trinajstić information content (AvgIpc) is 3.09. The van der Waals surface area contributed by atoms with E-state index in [4.69, 9.17) is 4.52 Å². The van der Waals surface area contributed by atoms with E-state index in [2.05, 4.69) is 10.5 Å². The highest BCUT2D eigenvalue weighted by molar-refractivity contribution is 5.82. The molecule has 2 amide bonds. The maximum absolute atomic E-state index is 12.2. The van der Waals surface area contributed by atoms with Crippen LogP contribution in [-0.2, 0) is 16.0 Å².